The highest BCUT2D eigenvalue weighted by Crippen LogP contribution is 2.27. The molecule has 2 aromatic carbocycles. The van der Waals surface area contributed by atoms with Gasteiger partial charge < -0.3 is 4.74 Å². The second-order valence-corrected chi connectivity index (χ2v) is 8.07. The summed E-state index contributed by atoms with van der Waals surface area (Å²) in [5.41, 5.74) is 1.47. The van der Waals surface area contributed by atoms with Gasteiger partial charge in [0, 0.05) is 6.42 Å². The molecule has 1 fully saturated rings. The third kappa shape index (κ3) is 4.09. The van der Waals surface area contributed by atoms with Crippen LogP contribution in [0.25, 0.3) is 10.9 Å². The van der Waals surface area contributed by atoms with E-state index in [0.717, 1.165) is 17.3 Å². The van der Waals surface area contributed by atoms with Crippen LogP contribution in [0, 0.1) is 0 Å². The van der Waals surface area contributed by atoms with E-state index in [0.29, 0.717) is 41.9 Å². The minimum absolute atomic E-state index is 0.0770. The zero-order chi connectivity index (χ0) is 21.1. The molecule has 1 saturated heterocycles. The number of nitrogens with one attached hydrogen (secondary N) is 1. The van der Waals surface area contributed by atoms with E-state index in [1.165, 1.54) is 0 Å². The van der Waals surface area contributed by atoms with Crippen molar-refractivity contribution in [2.45, 2.75) is 31.6 Å². The van der Waals surface area contributed by atoms with Crippen molar-refractivity contribution in [2.75, 3.05) is 6.61 Å². The number of ether oxygens (including phenoxy) is 1. The number of para-hydroxylation sites is 2. The summed E-state index contributed by atoms with van der Waals surface area (Å²) in [5, 5.41) is 2.11. The van der Waals surface area contributed by atoms with Gasteiger partial charge >= 0.3 is 0 Å². The molecule has 1 N–H and O–H groups in total. The number of carbonyl (C=O) groups excluding carboxylic acids is 2. The maximum Gasteiger partial charge on any atom is 0.286 e. The third-order valence-corrected chi connectivity index (χ3v) is 5.96. The van der Waals surface area contributed by atoms with Crippen LogP contribution in [0.2, 0.25) is 0 Å². The fraction of sp³-hybridized carbons (Fsp3) is 0.273. The summed E-state index contributed by atoms with van der Waals surface area (Å²) in [5.74, 6) is 1.08. The lowest BCUT2D eigenvalue weighted by Crippen LogP contribution is -2.28. The number of nitrogens with zero attached hydrogens (tertiary/aromatic N) is 2. The van der Waals surface area contributed by atoms with Crippen LogP contribution >= 0.6 is 11.8 Å². The lowest BCUT2D eigenvalue weighted by atomic mass is 10.1. The van der Waals surface area contributed by atoms with Gasteiger partial charge in [0.2, 0.25) is 5.91 Å². The van der Waals surface area contributed by atoms with Gasteiger partial charge in [-0.3, -0.25) is 24.3 Å². The maximum atomic E-state index is 12.9. The molecule has 7 nitrogen and oxygen atoms in total. The number of thioether (sulfide) groups is 1. The van der Waals surface area contributed by atoms with E-state index in [-0.39, 0.29) is 23.3 Å². The van der Waals surface area contributed by atoms with Crippen LogP contribution in [0.15, 0.2) is 53.3 Å². The summed E-state index contributed by atoms with van der Waals surface area (Å²) in [6.45, 7) is 2.62. The van der Waals surface area contributed by atoms with Gasteiger partial charge in [0.1, 0.15) is 18.2 Å². The average Bonchev–Trinajstić information content (AvgIpc) is 3.07. The zero-order valence-corrected chi connectivity index (χ0v) is 17.3. The summed E-state index contributed by atoms with van der Waals surface area (Å²) in [6, 6.07) is 14.8. The summed E-state index contributed by atoms with van der Waals surface area (Å²) >= 11 is 0.997. The van der Waals surface area contributed by atoms with E-state index in [2.05, 4.69) is 10.3 Å². The number of aryl methyl sites for hydroxylation is 1. The molecule has 0 saturated carbocycles. The number of imide groups is 1. The monoisotopic (exact) mass is 423 g/mol. The fourth-order valence-corrected chi connectivity index (χ4v) is 4.35. The summed E-state index contributed by atoms with van der Waals surface area (Å²) < 4.78 is 7.62. The van der Waals surface area contributed by atoms with E-state index in [4.69, 9.17) is 4.74 Å². The first-order valence-electron chi connectivity index (χ1n) is 9.77. The highest BCUT2D eigenvalue weighted by Gasteiger charge is 2.32. The van der Waals surface area contributed by atoms with Gasteiger partial charge in [-0.1, -0.05) is 49.0 Å². The fourth-order valence-electron chi connectivity index (χ4n) is 3.50. The lowest BCUT2D eigenvalue weighted by Gasteiger charge is -2.15. The molecule has 0 bridgehead atoms. The Morgan fingerprint density at radius 1 is 1.10 bits per heavy atom. The minimum atomic E-state index is -0.457. The van der Waals surface area contributed by atoms with Crippen molar-refractivity contribution in [3.63, 3.8) is 0 Å². The quantitative estimate of drug-likeness (QED) is 0.628. The Labute approximate surface area is 177 Å². The van der Waals surface area contributed by atoms with Gasteiger partial charge in [0.25, 0.3) is 10.8 Å². The molecule has 3 aromatic rings. The van der Waals surface area contributed by atoms with Crippen molar-refractivity contribution in [1.82, 2.24) is 14.9 Å². The standard InChI is InChI=1S/C22H21N3O4S/c1-2-19-23-16-9-5-4-8-15(16)21(27)25(19)11-12-29-17-10-6-3-7-14(17)13-18-20(26)24-22(28)30-18/h3-10,18H,2,11-13H2,1H3,(H,24,26,28). The van der Waals surface area contributed by atoms with E-state index in [9.17, 15) is 14.4 Å². The van der Waals surface area contributed by atoms with Crippen LogP contribution in [0.3, 0.4) is 0 Å². The van der Waals surface area contributed by atoms with Gasteiger partial charge in [0.05, 0.1) is 22.7 Å². The Balaban J connectivity index is 1.50. The summed E-state index contributed by atoms with van der Waals surface area (Å²) in [6.07, 6.45) is 1.04. The molecule has 0 aliphatic carbocycles. The Hall–Kier alpha value is -3.13. The first kappa shape index (κ1) is 20.2. The molecule has 30 heavy (non-hydrogen) atoms. The maximum absolute atomic E-state index is 12.9. The molecule has 0 spiro atoms. The van der Waals surface area contributed by atoms with Crippen molar-refractivity contribution in [2.24, 2.45) is 0 Å². The number of rotatable bonds is 7. The van der Waals surface area contributed by atoms with Gasteiger partial charge in [0.15, 0.2) is 0 Å². The number of fused-ring (bicyclic) bond motifs is 1. The molecule has 1 unspecified atom stereocenters. The van der Waals surface area contributed by atoms with Crippen molar-refractivity contribution in [3.8, 4) is 5.75 Å². The minimum Gasteiger partial charge on any atom is -0.491 e. The van der Waals surface area contributed by atoms with Crippen molar-refractivity contribution in [3.05, 3.63) is 70.3 Å². The topological polar surface area (TPSA) is 90.3 Å². The predicted molar refractivity (Wildman–Crippen MR) is 116 cm³/mol. The predicted octanol–water partition coefficient (Wildman–Crippen LogP) is 2.93. The Morgan fingerprint density at radius 3 is 2.63 bits per heavy atom. The Kier molecular flexibility index (Phi) is 5.85. The van der Waals surface area contributed by atoms with Gasteiger partial charge in [-0.05, 0) is 30.2 Å². The van der Waals surface area contributed by atoms with Crippen LogP contribution in [0.4, 0.5) is 4.79 Å². The normalized spacial score (nSPS) is 16.1. The summed E-state index contributed by atoms with van der Waals surface area (Å²) in [7, 11) is 0. The van der Waals surface area contributed by atoms with Gasteiger partial charge in [-0.25, -0.2) is 4.98 Å². The smallest absolute Gasteiger partial charge is 0.286 e. The Bertz CT molecular complexity index is 1170. The van der Waals surface area contributed by atoms with Crippen molar-refractivity contribution in [1.29, 1.82) is 0 Å². The number of hydrogen-bond acceptors (Lipinski definition) is 6. The van der Waals surface area contributed by atoms with Crippen LogP contribution in [-0.4, -0.2) is 32.6 Å². The van der Waals surface area contributed by atoms with Crippen LogP contribution < -0.4 is 15.6 Å². The second-order valence-electron chi connectivity index (χ2n) is 6.90. The number of hydrogen-bond donors (Lipinski definition) is 1. The van der Waals surface area contributed by atoms with E-state index < -0.39 is 5.25 Å². The van der Waals surface area contributed by atoms with E-state index >= 15 is 0 Å². The lowest BCUT2D eigenvalue weighted by molar-refractivity contribution is -0.118. The number of carbonyl (C=O) groups is 2. The van der Waals surface area contributed by atoms with Crippen molar-refractivity contribution < 1.29 is 14.3 Å². The van der Waals surface area contributed by atoms with Crippen LogP contribution in [0.5, 0.6) is 5.75 Å². The highest BCUT2D eigenvalue weighted by atomic mass is 32.2. The molecule has 1 atom stereocenters. The van der Waals surface area contributed by atoms with Gasteiger partial charge in [-0.15, -0.1) is 0 Å². The van der Waals surface area contributed by atoms with Crippen LogP contribution in [0.1, 0.15) is 18.3 Å². The molecule has 1 aliphatic heterocycles. The third-order valence-electron chi connectivity index (χ3n) is 4.97. The van der Waals surface area contributed by atoms with Gasteiger partial charge in [-0.2, -0.15) is 0 Å². The molecule has 2 amide bonds. The van der Waals surface area contributed by atoms with Crippen LogP contribution in [-0.2, 0) is 24.2 Å². The zero-order valence-electron chi connectivity index (χ0n) is 16.5. The average molecular weight is 423 g/mol. The first-order valence-corrected chi connectivity index (χ1v) is 10.7. The SMILES string of the molecule is CCc1nc2ccccc2c(=O)n1CCOc1ccccc1CC1SC(=O)NC1=O. The molecule has 1 aliphatic rings. The molecule has 154 valence electrons. The summed E-state index contributed by atoms with van der Waals surface area (Å²) in [4.78, 5) is 40.8. The molecule has 1 aromatic heterocycles. The second kappa shape index (κ2) is 8.71. The molecule has 8 heteroatoms. The molecule has 2 heterocycles. The molecule has 4 rings (SSSR count). The number of benzene rings is 2. The molecular weight excluding hydrogens is 402 g/mol. The number of amides is 2. The highest BCUT2D eigenvalue weighted by molar-refractivity contribution is 8.15. The number of aromatic nitrogens is 2. The largest absolute Gasteiger partial charge is 0.491 e. The molecular formula is C22H21N3O4S. The Morgan fingerprint density at radius 2 is 1.87 bits per heavy atom. The molecule has 0 radical (unpaired) electrons. The van der Waals surface area contributed by atoms with E-state index in [1.807, 2.05) is 49.4 Å². The van der Waals surface area contributed by atoms with Crippen molar-refractivity contribution >= 4 is 33.8 Å². The van der Waals surface area contributed by atoms with E-state index in [1.54, 1.807) is 10.6 Å². The first-order chi connectivity index (χ1) is 14.6.